The number of nitrogens with two attached hydrogens (primary N) is 2. The molecule has 1 rings (SSSR count). The van der Waals surface area contributed by atoms with Crippen LogP contribution < -0.4 is 22.1 Å². The van der Waals surface area contributed by atoms with E-state index in [1.807, 2.05) is 0 Å². The molecule has 178 valence electrons. The summed E-state index contributed by atoms with van der Waals surface area (Å²) in [5.41, 5.74) is 10.9. The van der Waals surface area contributed by atoms with Gasteiger partial charge in [0.2, 0.25) is 0 Å². The van der Waals surface area contributed by atoms with Crippen LogP contribution in [0.25, 0.3) is 0 Å². The predicted octanol–water partition coefficient (Wildman–Crippen LogP) is -2.82. The van der Waals surface area contributed by atoms with Crippen LogP contribution in [-0.2, 0) is 9.59 Å². The van der Waals surface area contributed by atoms with Crippen molar-refractivity contribution in [2.75, 3.05) is 19.7 Å². The summed E-state index contributed by atoms with van der Waals surface area (Å²) in [5.74, 6) is -1.23. The van der Waals surface area contributed by atoms with Gasteiger partial charge in [-0.2, -0.15) is 0 Å². The molecule has 0 aromatic heterocycles. The molecule has 13 heteroatoms. The van der Waals surface area contributed by atoms with Crippen LogP contribution in [0, 0.1) is 0 Å². The molecule has 1 heterocycles. The van der Waals surface area contributed by atoms with Gasteiger partial charge in [-0.05, 0) is 32.1 Å². The Morgan fingerprint density at radius 2 is 1.52 bits per heavy atom. The Kier molecular flexibility index (Phi) is 12.0. The molecular formula is C18H34N6O7. The average molecular weight is 447 g/mol. The number of aliphatic carboxylic acids is 2. The highest BCUT2D eigenvalue weighted by Crippen LogP contribution is 2.09. The second-order valence-corrected chi connectivity index (χ2v) is 7.40. The van der Waals surface area contributed by atoms with Crippen LogP contribution in [0.15, 0.2) is 9.98 Å². The summed E-state index contributed by atoms with van der Waals surface area (Å²) in [4.78, 5) is 30.2. The largest absolute Gasteiger partial charge is 0.480 e. The lowest BCUT2D eigenvalue weighted by Crippen LogP contribution is -2.39. The quantitative estimate of drug-likeness (QED) is 0.116. The zero-order valence-corrected chi connectivity index (χ0v) is 17.4. The number of carboxylic acids is 2. The van der Waals surface area contributed by atoms with Gasteiger partial charge >= 0.3 is 11.9 Å². The summed E-state index contributed by atoms with van der Waals surface area (Å²) < 4.78 is 0. The molecule has 13 nitrogen and oxygen atoms in total. The van der Waals surface area contributed by atoms with Gasteiger partial charge in [0.25, 0.3) is 0 Å². The minimum Gasteiger partial charge on any atom is -0.480 e. The lowest BCUT2D eigenvalue weighted by Gasteiger charge is -2.19. The molecule has 11 N–H and O–H groups in total. The highest BCUT2D eigenvalue weighted by atomic mass is 16.4. The lowest BCUT2D eigenvalue weighted by molar-refractivity contribution is -0.139. The number of carbonyl (C=O) groups is 2. The van der Waals surface area contributed by atoms with E-state index in [0.29, 0.717) is 50.6 Å². The number of aliphatic hydroxyl groups excluding tert-OH is 3. The van der Waals surface area contributed by atoms with E-state index in [1.165, 1.54) is 0 Å². The second-order valence-electron chi connectivity index (χ2n) is 7.40. The molecule has 0 amide bonds. The Bertz CT molecular complexity index is 645. The fourth-order valence-electron chi connectivity index (χ4n) is 2.83. The van der Waals surface area contributed by atoms with E-state index < -0.39 is 48.9 Å². The van der Waals surface area contributed by atoms with Gasteiger partial charge < -0.3 is 47.6 Å². The molecule has 0 radical (unpaired) electrons. The maximum atomic E-state index is 10.7. The molecule has 1 aliphatic rings. The summed E-state index contributed by atoms with van der Waals surface area (Å²) >= 11 is 0. The molecule has 31 heavy (non-hydrogen) atoms. The first-order valence-corrected chi connectivity index (χ1v) is 10.2. The number of unbranched alkanes of at least 4 members (excludes halogenated alkanes) is 1. The number of hydrogen-bond acceptors (Lipinski definition) is 9. The van der Waals surface area contributed by atoms with E-state index in [4.69, 9.17) is 26.8 Å². The Labute approximate surface area is 180 Å². The SMILES string of the molecule is N[C@@H](CCCCN=C1NC(=NCCC[C@H](N)C(=O)O)NC1C[C@H](O)[C@H](O)CO)C(=O)O. The molecule has 0 bridgehead atoms. The zero-order valence-electron chi connectivity index (χ0n) is 17.4. The minimum absolute atomic E-state index is 0.0698. The maximum Gasteiger partial charge on any atom is 0.320 e. The van der Waals surface area contributed by atoms with E-state index in [0.717, 1.165) is 0 Å². The molecule has 0 spiro atoms. The molecule has 1 aliphatic heterocycles. The van der Waals surface area contributed by atoms with E-state index >= 15 is 0 Å². The summed E-state index contributed by atoms with van der Waals surface area (Å²) in [5, 5.41) is 52.3. The predicted molar refractivity (Wildman–Crippen MR) is 113 cm³/mol. The Hall–Kier alpha value is -2.32. The van der Waals surface area contributed by atoms with Crippen molar-refractivity contribution in [1.29, 1.82) is 0 Å². The van der Waals surface area contributed by atoms with Crippen LogP contribution >= 0.6 is 0 Å². The van der Waals surface area contributed by atoms with Crippen LogP contribution in [0.2, 0.25) is 0 Å². The number of nitrogens with zero attached hydrogens (tertiary/aromatic N) is 2. The lowest BCUT2D eigenvalue weighted by atomic mass is 10.0. The minimum atomic E-state index is -1.29. The van der Waals surface area contributed by atoms with Gasteiger partial charge in [-0.3, -0.25) is 19.6 Å². The molecule has 1 fully saturated rings. The van der Waals surface area contributed by atoms with Crippen molar-refractivity contribution >= 4 is 23.7 Å². The van der Waals surface area contributed by atoms with Crippen LogP contribution in [0.1, 0.15) is 38.5 Å². The normalized spacial score (nSPS) is 22.5. The van der Waals surface area contributed by atoms with Crippen LogP contribution in [0.3, 0.4) is 0 Å². The third-order valence-corrected chi connectivity index (χ3v) is 4.78. The van der Waals surface area contributed by atoms with Crippen molar-refractivity contribution in [2.24, 2.45) is 21.5 Å². The Morgan fingerprint density at radius 1 is 0.935 bits per heavy atom. The molecule has 0 saturated carbocycles. The van der Waals surface area contributed by atoms with E-state index in [1.54, 1.807) is 0 Å². The van der Waals surface area contributed by atoms with E-state index in [2.05, 4.69) is 20.6 Å². The topological polar surface area (TPSA) is 236 Å². The maximum absolute atomic E-state index is 10.7. The first-order valence-electron chi connectivity index (χ1n) is 10.2. The standard InChI is InChI=1S/C18H34N6O7/c19-10(16(28)29)4-1-2-6-21-15-12(8-13(26)14(27)9-25)23-18(24-15)22-7-3-5-11(20)17(30)31/h10-14,25-27H,1-9,19-20H2,(H,28,29)(H,30,31)(H2,21,22,23,24)/t10-,11-,12?,13-,14+/m0/s1. The molecule has 1 unspecified atom stereocenters. The third kappa shape index (κ3) is 10.0. The number of hydrogen-bond donors (Lipinski definition) is 9. The van der Waals surface area contributed by atoms with E-state index in [9.17, 15) is 19.8 Å². The number of carboxylic acid groups (broad SMARTS) is 2. The van der Waals surface area contributed by atoms with Gasteiger partial charge in [0, 0.05) is 19.5 Å². The molecule has 5 atom stereocenters. The van der Waals surface area contributed by atoms with Crippen molar-refractivity contribution in [3.8, 4) is 0 Å². The van der Waals surface area contributed by atoms with Gasteiger partial charge in [-0.25, -0.2) is 0 Å². The smallest absolute Gasteiger partial charge is 0.320 e. The van der Waals surface area contributed by atoms with Gasteiger partial charge in [-0.15, -0.1) is 0 Å². The van der Waals surface area contributed by atoms with Crippen LogP contribution in [0.4, 0.5) is 0 Å². The fourth-order valence-corrected chi connectivity index (χ4v) is 2.83. The van der Waals surface area contributed by atoms with Gasteiger partial charge in [0.1, 0.15) is 24.0 Å². The Morgan fingerprint density at radius 3 is 2.10 bits per heavy atom. The zero-order chi connectivity index (χ0) is 23.4. The molecule has 1 saturated heterocycles. The first kappa shape index (κ1) is 26.7. The monoisotopic (exact) mass is 446 g/mol. The Balaban J connectivity index is 2.64. The fraction of sp³-hybridized carbons (Fsp3) is 0.778. The number of guanidine groups is 1. The number of nitrogens with one attached hydrogen (secondary N) is 2. The molecule has 0 aromatic rings. The summed E-state index contributed by atoms with van der Waals surface area (Å²) in [6, 6.07) is -2.33. The van der Waals surface area contributed by atoms with Gasteiger partial charge in [-0.1, -0.05) is 0 Å². The highest BCUT2D eigenvalue weighted by Gasteiger charge is 2.30. The van der Waals surface area contributed by atoms with Crippen molar-refractivity contribution in [3.63, 3.8) is 0 Å². The third-order valence-electron chi connectivity index (χ3n) is 4.78. The summed E-state index contributed by atoms with van der Waals surface area (Å²) in [6.45, 7) is 0.139. The number of amidine groups is 1. The van der Waals surface area contributed by atoms with Crippen LogP contribution in [-0.4, -0.2) is 99.3 Å². The van der Waals surface area contributed by atoms with Crippen molar-refractivity contribution in [2.45, 2.75) is 68.9 Å². The van der Waals surface area contributed by atoms with Crippen molar-refractivity contribution in [1.82, 2.24) is 10.6 Å². The van der Waals surface area contributed by atoms with Crippen molar-refractivity contribution < 1.29 is 35.1 Å². The number of aliphatic hydroxyl groups is 3. The average Bonchev–Trinajstić information content (AvgIpc) is 3.10. The van der Waals surface area contributed by atoms with E-state index in [-0.39, 0.29) is 12.8 Å². The number of rotatable bonds is 15. The molecule has 0 aliphatic carbocycles. The summed E-state index contributed by atoms with van der Waals surface area (Å²) in [7, 11) is 0. The molecular weight excluding hydrogens is 412 g/mol. The first-order chi connectivity index (χ1) is 14.6. The van der Waals surface area contributed by atoms with Crippen LogP contribution in [0.5, 0.6) is 0 Å². The van der Waals surface area contributed by atoms with Gasteiger partial charge in [0.05, 0.1) is 18.8 Å². The molecule has 0 aromatic carbocycles. The summed E-state index contributed by atoms with van der Waals surface area (Å²) in [6.07, 6.45) is -0.139. The van der Waals surface area contributed by atoms with Crippen molar-refractivity contribution in [3.05, 3.63) is 0 Å². The number of aliphatic imine (C=N–C) groups is 2. The second kappa shape index (κ2) is 13.9. The highest BCUT2D eigenvalue weighted by molar-refractivity contribution is 6.09. The van der Waals surface area contributed by atoms with Gasteiger partial charge in [0.15, 0.2) is 5.96 Å².